The zero-order chi connectivity index (χ0) is 23.1. The van der Waals surface area contributed by atoms with Crippen LogP contribution in [0.25, 0.3) is 0 Å². The lowest BCUT2D eigenvalue weighted by molar-refractivity contribution is 0.0729. The number of ether oxygens (including phenoxy) is 3. The molecule has 3 aromatic carbocycles. The molecule has 32 heavy (non-hydrogen) atoms. The number of carbonyl (C=O) groups excluding carboxylic acids is 2. The molecule has 0 aromatic heterocycles. The van der Waals surface area contributed by atoms with Crippen molar-refractivity contribution in [3.05, 3.63) is 87.4 Å². The molecule has 0 saturated carbocycles. The lowest BCUT2D eigenvalue weighted by Crippen LogP contribution is -2.18. The second kappa shape index (κ2) is 10.7. The van der Waals surface area contributed by atoms with Gasteiger partial charge in [0, 0.05) is 5.02 Å². The van der Waals surface area contributed by atoms with Crippen molar-refractivity contribution in [3.8, 4) is 17.2 Å². The summed E-state index contributed by atoms with van der Waals surface area (Å²) >= 11 is 11.9. The average Bonchev–Trinajstić information content (AvgIpc) is 2.79. The van der Waals surface area contributed by atoms with Gasteiger partial charge in [-0.2, -0.15) is 5.10 Å². The van der Waals surface area contributed by atoms with Crippen molar-refractivity contribution in [1.82, 2.24) is 5.43 Å². The highest BCUT2D eigenvalue weighted by Crippen LogP contribution is 2.28. The molecule has 7 nitrogen and oxygen atoms in total. The first-order valence-electron chi connectivity index (χ1n) is 9.24. The van der Waals surface area contributed by atoms with Gasteiger partial charge in [0.1, 0.15) is 5.75 Å². The third-order valence-electron chi connectivity index (χ3n) is 4.27. The van der Waals surface area contributed by atoms with E-state index in [1.54, 1.807) is 48.5 Å². The van der Waals surface area contributed by atoms with Gasteiger partial charge >= 0.3 is 5.97 Å². The first kappa shape index (κ1) is 23.1. The van der Waals surface area contributed by atoms with E-state index in [0.717, 1.165) is 0 Å². The third kappa shape index (κ3) is 5.78. The molecule has 164 valence electrons. The second-order valence-corrected chi connectivity index (χ2v) is 7.20. The number of benzene rings is 3. The molecule has 1 amide bonds. The molecule has 0 aliphatic carbocycles. The van der Waals surface area contributed by atoms with Crippen LogP contribution in [0.1, 0.15) is 26.3 Å². The van der Waals surface area contributed by atoms with Crippen molar-refractivity contribution in [1.29, 1.82) is 0 Å². The number of nitrogens with one attached hydrogen (secondary N) is 1. The molecule has 0 unspecified atom stereocenters. The molecule has 0 aliphatic heterocycles. The Bertz CT molecular complexity index is 1160. The van der Waals surface area contributed by atoms with Crippen LogP contribution in [0.15, 0.2) is 65.8 Å². The Hall–Kier alpha value is -3.55. The van der Waals surface area contributed by atoms with Gasteiger partial charge in [-0.1, -0.05) is 23.2 Å². The average molecular weight is 473 g/mol. The SMILES string of the molecule is COc1ccc(C(=O)Oc2cc(/C=N\NC(=O)c3ccc(Cl)cc3Cl)ccc2OC)cc1. The smallest absolute Gasteiger partial charge is 0.343 e. The predicted molar refractivity (Wildman–Crippen MR) is 122 cm³/mol. The maximum atomic E-state index is 12.5. The summed E-state index contributed by atoms with van der Waals surface area (Å²) in [6.45, 7) is 0. The minimum Gasteiger partial charge on any atom is -0.497 e. The number of amides is 1. The van der Waals surface area contributed by atoms with E-state index in [2.05, 4.69) is 10.5 Å². The van der Waals surface area contributed by atoms with Gasteiger partial charge < -0.3 is 14.2 Å². The van der Waals surface area contributed by atoms with Gasteiger partial charge in [0.05, 0.1) is 36.6 Å². The fourth-order valence-electron chi connectivity index (χ4n) is 2.64. The van der Waals surface area contributed by atoms with Crippen LogP contribution in [0.2, 0.25) is 10.0 Å². The van der Waals surface area contributed by atoms with Gasteiger partial charge in [-0.25, -0.2) is 10.2 Å². The number of carbonyl (C=O) groups is 2. The second-order valence-electron chi connectivity index (χ2n) is 6.35. The fourth-order valence-corrected chi connectivity index (χ4v) is 3.13. The molecule has 1 N–H and O–H groups in total. The Morgan fingerprint density at radius 1 is 0.906 bits per heavy atom. The van der Waals surface area contributed by atoms with Crippen LogP contribution in [0.3, 0.4) is 0 Å². The van der Waals surface area contributed by atoms with E-state index < -0.39 is 11.9 Å². The van der Waals surface area contributed by atoms with E-state index in [0.29, 0.717) is 27.6 Å². The van der Waals surface area contributed by atoms with Gasteiger partial charge in [0.15, 0.2) is 11.5 Å². The lowest BCUT2D eigenvalue weighted by atomic mass is 10.2. The van der Waals surface area contributed by atoms with E-state index >= 15 is 0 Å². The molecule has 0 heterocycles. The molecule has 3 rings (SSSR count). The molecular weight excluding hydrogens is 455 g/mol. The van der Waals surface area contributed by atoms with E-state index in [1.807, 2.05) is 0 Å². The summed E-state index contributed by atoms with van der Waals surface area (Å²) in [5.41, 5.74) is 3.53. The number of methoxy groups -OCH3 is 2. The molecule has 9 heteroatoms. The number of hydrogen-bond donors (Lipinski definition) is 1. The molecule has 0 bridgehead atoms. The molecule has 0 radical (unpaired) electrons. The molecule has 0 spiro atoms. The third-order valence-corrected chi connectivity index (χ3v) is 4.82. The van der Waals surface area contributed by atoms with Gasteiger partial charge in [0.2, 0.25) is 0 Å². The molecule has 0 aliphatic rings. The van der Waals surface area contributed by atoms with Gasteiger partial charge in [-0.05, 0) is 66.2 Å². The van der Waals surface area contributed by atoms with Crippen LogP contribution in [-0.2, 0) is 0 Å². The highest BCUT2D eigenvalue weighted by Gasteiger charge is 2.14. The monoisotopic (exact) mass is 472 g/mol. The molecular formula is C23H18Cl2N2O5. The maximum Gasteiger partial charge on any atom is 0.343 e. The van der Waals surface area contributed by atoms with Gasteiger partial charge in [-0.3, -0.25) is 4.79 Å². The Kier molecular flexibility index (Phi) is 7.70. The van der Waals surface area contributed by atoms with Crippen LogP contribution in [-0.4, -0.2) is 32.3 Å². The van der Waals surface area contributed by atoms with Crippen LogP contribution in [0, 0.1) is 0 Å². The minimum atomic E-state index is -0.564. The standard InChI is InChI=1S/C23H18Cl2N2O5/c1-30-17-7-4-15(5-8-17)23(29)32-21-11-14(3-10-20(21)31-2)13-26-27-22(28)18-9-6-16(24)12-19(18)25/h3-13H,1-2H3,(H,27,28)/b26-13-. The summed E-state index contributed by atoms with van der Waals surface area (Å²) in [5, 5.41) is 4.55. The summed E-state index contributed by atoms with van der Waals surface area (Å²) in [7, 11) is 3.00. The van der Waals surface area contributed by atoms with Gasteiger partial charge in [-0.15, -0.1) is 0 Å². The number of esters is 1. The van der Waals surface area contributed by atoms with Crippen molar-refractivity contribution in [3.63, 3.8) is 0 Å². The highest BCUT2D eigenvalue weighted by molar-refractivity contribution is 6.36. The summed E-state index contributed by atoms with van der Waals surface area (Å²) < 4.78 is 15.8. The van der Waals surface area contributed by atoms with Gasteiger partial charge in [0.25, 0.3) is 5.91 Å². The Morgan fingerprint density at radius 2 is 1.66 bits per heavy atom. The first-order chi connectivity index (χ1) is 15.4. The normalized spacial score (nSPS) is 10.6. The number of hydrogen-bond acceptors (Lipinski definition) is 6. The fraction of sp³-hybridized carbons (Fsp3) is 0.0870. The van der Waals surface area contributed by atoms with Crippen molar-refractivity contribution >= 4 is 41.3 Å². The number of halogens is 2. The molecule has 0 saturated heterocycles. The van der Waals surface area contributed by atoms with Crippen LogP contribution < -0.4 is 19.6 Å². The summed E-state index contributed by atoms with van der Waals surface area (Å²) in [6.07, 6.45) is 1.39. The van der Waals surface area contributed by atoms with E-state index in [-0.39, 0.29) is 16.3 Å². The highest BCUT2D eigenvalue weighted by atomic mass is 35.5. The van der Waals surface area contributed by atoms with Crippen LogP contribution in [0.5, 0.6) is 17.2 Å². The molecule has 0 fully saturated rings. The number of hydrazone groups is 1. The minimum absolute atomic E-state index is 0.198. The Balaban J connectivity index is 1.72. The zero-order valence-electron chi connectivity index (χ0n) is 17.1. The Morgan fingerprint density at radius 3 is 2.31 bits per heavy atom. The maximum absolute atomic E-state index is 12.5. The van der Waals surface area contributed by atoms with Crippen molar-refractivity contribution in [2.45, 2.75) is 0 Å². The van der Waals surface area contributed by atoms with Crippen molar-refractivity contribution < 1.29 is 23.8 Å². The first-order valence-corrected chi connectivity index (χ1v) is 9.99. The Labute approximate surface area is 194 Å². The lowest BCUT2D eigenvalue weighted by Gasteiger charge is -2.10. The summed E-state index contributed by atoms with van der Waals surface area (Å²) in [6, 6.07) is 15.9. The molecule has 0 atom stereocenters. The molecule has 3 aromatic rings. The van der Waals surface area contributed by atoms with Crippen molar-refractivity contribution in [2.24, 2.45) is 5.10 Å². The topological polar surface area (TPSA) is 86.2 Å². The number of rotatable bonds is 7. The summed E-state index contributed by atoms with van der Waals surface area (Å²) in [4.78, 5) is 24.7. The van der Waals surface area contributed by atoms with E-state index in [9.17, 15) is 9.59 Å². The van der Waals surface area contributed by atoms with Crippen molar-refractivity contribution in [2.75, 3.05) is 14.2 Å². The van der Waals surface area contributed by atoms with E-state index in [4.69, 9.17) is 37.4 Å². The van der Waals surface area contributed by atoms with Crippen LogP contribution in [0.4, 0.5) is 0 Å². The summed E-state index contributed by atoms with van der Waals surface area (Å²) in [5.74, 6) is 0.123. The van der Waals surface area contributed by atoms with E-state index in [1.165, 1.54) is 32.6 Å². The zero-order valence-corrected chi connectivity index (χ0v) is 18.6. The largest absolute Gasteiger partial charge is 0.497 e. The quantitative estimate of drug-likeness (QED) is 0.226. The predicted octanol–water partition coefficient (Wildman–Crippen LogP) is 4.99. The van der Waals surface area contributed by atoms with Crippen LogP contribution >= 0.6 is 23.2 Å². The number of nitrogens with zero attached hydrogens (tertiary/aromatic N) is 1.